The molecular formula is C14H16F3N5O. The third-order valence-corrected chi connectivity index (χ3v) is 3.69. The van der Waals surface area contributed by atoms with E-state index in [4.69, 9.17) is 4.52 Å². The molecule has 2 aromatic rings. The molecule has 3 heterocycles. The smallest absolute Gasteiger partial charge is 0.339 e. The number of alkyl halides is 3. The molecule has 23 heavy (non-hydrogen) atoms. The molecule has 1 saturated heterocycles. The summed E-state index contributed by atoms with van der Waals surface area (Å²) < 4.78 is 43.6. The van der Waals surface area contributed by atoms with Crippen LogP contribution in [0, 0.1) is 0 Å². The predicted octanol–water partition coefficient (Wildman–Crippen LogP) is 3.34. The van der Waals surface area contributed by atoms with E-state index in [-0.39, 0.29) is 17.9 Å². The van der Waals surface area contributed by atoms with E-state index in [0.717, 1.165) is 25.1 Å². The minimum atomic E-state index is -4.50. The van der Waals surface area contributed by atoms with Gasteiger partial charge in [-0.2, -0.15) is 18.2 Å². The SMILES string of the molecule is CC(C)c1nc(C2CCCN2c2nccc(C(F)(F)F)n2)no1. The summed E-state index contributed by atoms with van der Waals surface area (Å²) in [6.07, 6.45) is -1.85. The van der Waals surface area contributed by atoms with Gasteiger partial charge in [-0.1, -0.05) is 19.0 Å². The van der Waals surface area contributed by atoms with E-state index in [2.05, 4.69) is 20.1 Å². The minimum absolute atomic E-state index is 0.0400. The van der Waals surface area contributed by atoms with E-state index in [0.29, 0.717) is 18.3 Å². The molecule has 6 nitrogen and oxygen atoms in total. The number of aromatic nitrogens is 4. The van der Waals surface area contributed by atoms with Crippen LogP contribution < -0.4 is 4.90 Å². The fourth-order valence-corrected chi connectivity index (χ4v) is 2.54. The monoisotopic (exact) mass is 327 g/mol. The number of anilines is 1. The lowest BCUT2D eigenvalue weighted by atomic mass is 10.2. The lowest BCUT2D eigenvalue weighted by Gasteiger charge is -2.22. The average Bonchev–Trinajstić information content (AvgIpc) is 3.15. The number of nitrogens with zero attached hydrogens (tertiary/aromatic N) is 5. The standard InChI is InChI=1S/C14H16F3N5O/c1-8(2)12-20-11(21-23-12)9-4-3-7-22(9)13-18-6-5-10(19-13)14(15,16)17/h5-6,8-9H,3-4,7H2,1-2H3. The number of halogens is 3. The predicted molar refractivity (Wildman–Crippen MR) is 74.7 cm³/mol. The summed E-state index contributed by atoms with van der Waals surface area (Å²) in [4.78, 5) is 13.7. The molecule has 0 saturated carbocycles. The maximum absolute atomic E-state index is 12.8. The first-order chi connectivity index (χ1) is 10.9. The molecule has 1 aliphatic rings. The Bertz CT molecular complexity index is 685. The Hall–Kier alpha value is -2.19. The second-order valence-electron chi connectivity index (χ2n) is 5.74. The third kappa shape index (κ3) is 3.13. The van der Waals surface area contributed by atoms with Gasteiger partial charge in [-0.05, 0) is 18.9 Å². The van der Waals surface area contributed by atoms with E-state index in [1.165, 1.54) is 0 Å². The van der Waals surface area contributed by atoms with Crippen LogP contribution in [0.3, 0.4) is 0 Å². The van der Waals surface area contributed by atoms with E-state index in [1.54, 1.807) is 4.90 Å². The molecule has 0 N–H and O–H groups in total. The molecule has 9 heteroatoms. The maximum Gasteiger partial charge on any atom is 0.433 e. The molecule has 1 fully saturated rings. The van der Waals surface area contributed by atoms with Crippen molar-refractivity contribution >= 4 is 5.95 Å². The van der Waals surface area contributed by atoms with Crippen LogP contribution in [0.2, 0.25) is 0 Å². The van der Waals surface area contributed by atoms with Gasteiger partial charge in [-0.25, -0.2) is 9.97 Å². The van der Waals surface area contributed by atoms with Crippen molar-refractivity contribution in [2.45, 2.75) is 44.8 Å². The van der Waals surface area contributed by atoms with Crippen LogP contribution in [-0.4, -0.2) is 26.7 Å². The van der Waals surface area contributed by atoms with Crippen molar-refractivity contribution < 1.29 is 17.7 Å². The van der Waals surface area contributed by atoms with Crippen LogP contribution in [-0.2, 0) is 6.18 Å². The largest absolute Gasteiger partial charge is 0.433 e. The molecule has 0 bridgehead atoms. The van der Waals surface area contributed by atoms with Crippen LogP contribution in [0.4, 0.5) is 19.1 Å². The van der Waals surface area contributed by atoms with Crippen LogP contribution in [0.15, 0.2) is 16.8 Å². The summed E-state index contributed by atoms with van der Waals surface area (Å²) in [6.45, 7) is 4.41. The Morgan fingerprint density at radius 3 is 2.74 bits per heavy atom. The zero-order valence-corrected chi connectivity index (χ0v) is 12.7. The van der Waals surface area contributed by atoms with Gasteiger partial charge in [0.1, 0.15) is 5.69 Å². The average molecular weight is 327 g/mol. The first-order valence-electron chi connectivity index (χ1n) is 7.36. The summed E-state index contributed by atoms with van der Waals surface area (Å²) in [5, 5.41) is 3.96. The maximum atomic E-state index is 12.8. The van der Waals surface area contributed by atoms with Crippen molar-refractivity contribution in [3.63, 3.8) is 0 Å². The highest BCUT2D eigenvalue weighted by molar-refractivity contribution is 5.36. The highest BCUT2D eigenvalue weighted by Gasteiger charge is 2.36. The number of rotatable bonds is 3. The van der Waals surface area contributed by atoms with Gasteiger partial charge in [0, 0.05) is 18.7 Å². The Kier molecular flexibility index (Phi) is 3.95. The van der Waals surface area contributed by atoms with E-state index >= 15 is 0 Å². The molecule has 2 aromatic heterocycles. The van der Waals surface area contributed by atoms with Crippen molar-refractivity contribution in [3.8, 4) is 0 Å². The lowest BCUT2D eigenvalue weighted by molar-refractivity contribution is -0.141. The first kappa shape index (κ1) is 15.7. The van der Waals surface area contributed by atoms with E-state index in [1.807, 2.05) is 13.8 Å². The summed E-state index contributed by atoms with van der Waals surface area (Å²) in [5.74, 6) is 1.11. The Balaban J connectivity index is 1.89. The van der Waals surface area contributed by atoms with Crippen LogP contribution in [0.5, 0.6) is 0 Å². The fourth-order valence-electron chi connectivity index (χ4n) is 2.54. The third-order valence-electron chi connectivity index (χ3n) is 3.69. The Morgan fingerprint density at radius 2 is 2.09 bits per heavy atom. The van der Waals surface area contributed by atoms with E-state index < -0.39 is 11.9 Å². The van der Waals surface area contributed by atoms with E-state index in [9.17, 15) is 13.2 Å². The van der Waals surface area contributed by atoms with Crippen LogP contribution in [0.25, 0.3) is 0 Å². The molecule has 0 aromatic carbocycles. The highest BCUT2D eigenvalue weighted by atomic mass is 19.4. The van der Waals surface area contributed by atoms with Gasteiger partial charge < -0.3 is 9.42 Å². The van der Waals surface area contributed by atoms with Gasteiger partial charge in [-0.3, -0.25) is 0 Å². The summed E-state index contributed by atoms with van der Waals surface area (Å²) in [5.41, 5.74) is -0.955. The topological polar surface area (TPSA) is 67.9 Å². The normalized spacial score (nSPS) is 18.9. The molecule has 1 unspecified atom stereocenters. The van der Waals surface area contributed by atoms with Gasteiger partial charge in [0.05, 0.1) is 6.04 Å². The van der Waals surface area contributed by atoms with Crippen molar-refractivity contribution in [3.05, 3.63) is 29.7 Å². The van der Waals surface area contributed by atoms with Crippen molar-refractivity contribution in [2.75, 3.05) is 11.4 Å². The molecule has 3 rings (SSSR count). The first-order valence-corrected chi connectivity index (χ1v) is 7.36. The van der Waals surface area contributed by atoms with Crippen molar-refractivity contribution in [1.82, 2.24) is 20.1 Å². The van der Waals surface area contributed by atoms with Gasteiger partial charge >= 0.3 is 6.18 Å². The molecule has 0 aliphatic carbocycles. The zero-order chi connectivity index (χ0) is 16.6. The Morgan fingerprint density at radius 1 is 1.30 bits per heavy atom. The zero-order valence-electron chi connectivity index (χ0n) is 12.7. The van der Waals surface area contributed by atoms with Gasteiger partial charge in [0.25, 0.3) is 0 Å². The van der Waals surface area contributed by atoms with Crippen LogP contribution >= 0.6 is 0 Å². The van der Waals surface area contributed by atoms with Gasteiger partial charge in [0.2, 0.25) is 11.8 Å². The minimum Gasteiger partial charge on any atom is -0.339 e. The second kappa shape index (κ2) is 5.78. The van der Waals surface area contributed by atoms with Crippen LogP contribution in [0.1, 0.15) is 56.1 Å². The Labute approximate surface area is 130 Å². The summed E-state index contributed by atoms with van der Waals surface area (Å²) in [7, 11) is 0. The lowest BCUT2D eigenvalue weighted by Crippen LogP contribution is -2.26. The second-order valence-corrected chi connectivity index (χ2v) is 5.74. The molecule has 124 valence electrons. The van der Waals surface area contributed by atoms with Crippen molar-refractivity contribution in [1.29, 1.82) is 0 Å². The summed E-state index contributed by atoms with van der Waals surface area (Å²) in [6, 6.07) is 0.592. The number of hydrogen-bond donors (Lipinski definition) is 0. The molecule has 0 radical (unpaired) electrons. The molecule has 1 aliphatic heterocycles. The molecule has 0 amide bonds. The molecule has 1 atom stereocenters. The summed E-state index contributed by atoms with van der Waals surface area (Å²) >= 11 is 0. The quantitative estimate of drug-likeness (QED) is 0.861. The van der Waals surface area contributed by atoms with Crippen molar-refractivity contribution in [2.24, 2.45) is 0 Å². The molecular weight excluding hydrogens is 311 g/mol. The van der Waals surface area contributed by atoms with Gasteiger partial charge in [-0.15, -0.1) is 0 Å². The number of hydrogen-bond acceptors (Lipinski definition) is 6. The highest BCUT2D eigenvalue weighted by Crippen LogP contribution is 2.35. The fraction of sp³-hybridized carbons (Fsp3) is 0.571. The van der Waals surface area contributed by atoms with Gasteiger partial charge in [0.15, 0.2) is 5.82 Å². The molecule has 0 spiro atoms.